The summed E-state index contributed by atoms with van der Waals surface area (Å²) in [6, 6.07) is 3.71. The minimum absolute atomic E-state index is 0.407. The van der Waals surface area contributed by atoms with Crippen LogP contribution < -0.4 is 0 Å². The SMILES string of the molecule is Cn1ncc(Cc2cc(C#N)n[nH]2)c1Br. The number of aromatic nitrogens is 4. The largest absolute Gasteiger partial charge is 0.281 e. The van der Waals surface area contributed by atoms with Gasteiger partial charge in [-0.1, -0.05) is 0 Å². The second-order valence-electron chi connectivity index (χ2n) is 3.15. The monoisotopic (exact) mass is 265 g/mol. The number of aryl methyl sites for hydroxylation is 1. The van der Waals surface area contributed by atoms with Gasteiger partial charge < -0.3 is 0 Å². The summed E-state index contributed by atoms with van der Waals surface area (Å²) in [7, 11) is 1.86. The standard InChI is InChI=1S/C9H8BrN5/c1-15-9(10)6(5-12-15)2-7-3-8(4-11)14-13-7/h3,5H,2H2,1H3,(H,13,14). The van der Waals surface area contributed by atoms with Crippen LogP contribution in [0.3, 0.4) is 0 Å². The molecule has 0 aliphatic carbocycles. The van der Waals surface area contributed by atoms with Crippen molar-refractivity contribution in [3.63, 3.8) is 0 Å². The lowest BCUT2D eigenvalue weighted by Gasteiger charge is -1.95. The van der Waals surface area contributed by atoms with E-state index in [9.17, 15) is 0 Å². The van der Waals surface area contributed by atoms with E-state index in [4.69, 9.17) is 5.26 Å². The molecule has 0 spiro atoms. The number of nitrogens with zero attached hydrogens (tertiary/aromatic N) is 4. The fourth-order valence-electron chi connectivity index (χ4n) is 1.30. The third-order valence-corrected chi connectivity index (χ3v) is 3.08. The third-order valence-electron chi connectivity index (χ3n) is 2.06. The lowest BCUT2D eigenvalue weighted by atomic mass is 10.2. The minimum Gasteiger partial charge on any atom is -0.281 e. The molecule has 0 atom stereocenters. The van der Waals surface area contributed by atoms with Gasteiger partial charge in [0.2, 0.25) is 0 Å². The molecular weight excluding hydrogens is 258 g/mol. The molecule has 0 amide bonds. The van der Waals surface area contributed by atoms with E-state index in [1.165, 1.54) is 0 Å². The molecule has 76 valence electrons. The Morgan fingerprint density at radius 3 is 3.00 bits per heavy atom. The van der Waals surface area contributed by atoms with Gasteiger partial charge in [0.05, 0.1) is 6.20 Å². The van der Waals surface area contributed by atoms with E-state index in [2.05, 4.69) is 31.2 Å². The predicted octanol–water partition coefficient (Wildman–Crippen LogP) is 1.37. The van der Waals surface area contributed by atoms with Crippen LogP contribution >= 0.6 is 15.9 Å². The zero-order chi connectivity index (χ0) is 10.8. The number of nitriles is 1. The third kappa shape index (κ3) is 1.92. The Hall–Kier alpha value is -1.61. The first-order valence-electron chi connectivity index (χ1n) is 4.31. The molecule has 5 nitrogen and oxygen atoms in total. The van der Waals surface area contributed by atoms with Crippen molar-refractivity contribution in [1.29, 1.82) is 5.26 Å². The van der Waals surface area contributed by atoms with Crippen LogP contribution in [-0.4, -0.2) is 20.0 Å². The predicted molar refractivity (Wildman–Crippen MR) is 57.0 cm³/mol. The van der Waals surface area contributed by atoms with Crippen molar-refractivity contribution in [1.82, 2.24) is 20.0 Å². The number of rotatable bonds is 2. The van der Waals surface area contributed by atoms with Crippen molar-refractivity contribution in [2.24, 2.45) is 7.05 Å². The van der Waals surface area contributed by atoms with Crippen LogP contribution in [0, 0.1) is 11.3 Å². The lowest BCUT2D eigenvalue weighted by Crippen LogP contribution is -1.91. The number of H-pyrrole nitrogens is 1. The van der Waals surface area contributed by atoms with Gasteiger partial charge in [-0.15, -0.1) is 0 Å². The van der Waals surface area contributed by atoms with Gasteiger partial charge in [-0.3, -0.25) is 9.78 Å². The zero-order valence-electron chi connectivity index (χ0n) is 8.03. The van der Waals surface area contributed by atoms with E-state index in [1.54, 1.807) is 16.9 Å². The highest BCUT2D eigenvalue weighted by Crippen LogP contribution is 2.18. The second-order valence-corrected chi connectivity index (χ2v) is 3.90. The van der Waals surface area contributed by atoms with Gasteiger partial charge in [-0.2, -0.15) is 15.5 Å². The van der Waals surface area contributed by atoms with Crippen LogP contribution in [0.5, 0.6) is 0 Å². The quantitative estimate of drug-likeness (QED) is 0.892. The molecule has 0 bridgehead atoms. The fraction of sp³-hybridized carbons (Fsp3) is 0.222. The van der Waals surface area contributed by atoms with Gasteiger partial charge in [-0.25, -0.2) is 0 Å². The van der Waals surface area contributed by atoms with Crippen LogP contribution in [0.4, 0.5) is 0 Å². The van der Waals surface area contributed by atoms with Gasteiger partial charge >= 0.3 is 0 Å². The summed E-state index contributed by atoms with van der Waals surface area (Å²) in [5, 5.41) is 19.4. The molecule has 0 aliphatic rings. The van der Waals surface area contributed by atoms with E-state index < -0.39 is 0 Å². The summed E-state index contributed by atoms with van der Waals surface area (Å²) in [5.74, 6) is 0. The number of halogens is 1. The summed E-state index contributed by atoms with van der Waals surface area (Å²) in [5.41, 5.74) is 2.37. The normalized spacial score (nSPS) is 10.2. The van der Waals surface area contributed by atoms with Crippen LogP contribution in [0.1, 0.15) is 17.0 Å². The van der Waals surface area contributed by atoms with E-state index in [-0.39, 0.29) is 0 Å². The number of nitrogens with one attached hydrogen (secondary N) is 1. The molecule has 0 fully saturated rings. The van der Waals surface area contributed by atoms with E-state index >= 15 is 0 Å². The van der Waals surface area contributed by atoms with Gasteiger partial charge in [0.1, 0.15) is 10.7 Å². The minimum atomic E-state index is 0.407. The summed E-state index contributed by atoms with van der Waals surface area (Å²) in [6.45, 7) is 0. The molecule has 0 aliphatic heterocycles. The molecule has 2 rings (SSSR count). The molecule has 0 saturated carbocycles. The Morgan fingerprint density at radius 2 is 2.47 bits per heavy atom. The first-order chi connectivity index (χ1) is 7.20. The lowest BCUT2D eigenvalue weighted by molar-refractivity contribution is 0.748. The fourth-order valence-corrected chi connectivity index (χ4v) is 1.64. The highest BCUT2D eigenvalue weighted by molar-refractivity contribution is 9.10. The second kappa shape index (κ2) is 3.87. The number of hydrogen-bond donors (Lipinski definition) is 1. The van der Waals surface area contributed by atoms with Crippen molar-refractivity contribution in [2.75, 3.05) is 0 Å². The number of hydrogen-bond acceptors (Lipinski definition) is 3. The molecule has 6 heteroatoms. The molecule has 0 unspecified atom stereocenters. The van der Waals surface area contributed by atoms with Gasteiger partial charge in [0.15, 0.2) is 5.69 Å². The average molecular weight is 266 g/mol. The summed E-state index contributed by atoms with van der Waals surface area (Å²) in [4.78, 5) is 0. The van der Waals surface area contributed by atoms with E-state index in [1.807, 2.05) is 13.1 Å². The summed E-state index contributed by atoms with van der Waals surface area (Å²) < 4.78 is 2.69. The maximum absolute atomic E-state index is 8.62. The van der Waals surface area contributed by atoms with Gasteiger partial charge in [0.25, 0.3) is 0 Å². The molecule has 0 saturated heterocycles. The summed E-state index contributed by atoms with van der Waals surface area (Å²) in [6.07, 6.45) is 2.47. The van der Waals surface area contributed by atoms with Crippen LogP contribution in [0.25, 0.3) is 0 Å². The van der Waals surface area contributed by atoms with Crippen LogP contribution in [0.15, 0.2) is 16.9 Å². The van der Waals surface area contributed by atoms with Crippen molar-refractivity contribution in [3.8, 4) is 6.07 Å². The molecule has 15 heavy (non-hydrogen) atoms. The number of aromatic amines is 1. The maximum Gasteiger partial charge on any atom is 0.162 e. The molecule has 2 heterocycles. The topological polar surface area (TPSA) is 70.3 Å². The molecular formula is C9H8BrN5. The highest BCUT2D eigenvalue weighted by atomic mass is 79.9. The molecule has 2 aromatic rings. The van der Waals surface area contributed by atoms with E-state index in [0.717, 1.165) is 15.9 Å². The van der Waals surface area contributed by atoms with Gasteiger partial charge in [-0.05, 0) is 22.0 Å². The Kier molecular flexibility index (Phi) is 2.56. The Bertz CT molecular complexity index is 519. The molecule has 2 aromatic heterocycles. The first kappa shape index (κ1) is 9.93. The maximum atomic E-state index is 8.62. The molecule has 1 N–H and O–H groups in total. The Morgan fingerprint density at radius 1 is 1.67 bits per heavy atom. The smallest absolute Gasteiger partial charge is 0.162 e. The van der Waals surface area contributed by atoms with Crippen molar-refractivity contribution >= 4 is 15.9 Å². The van der Waals surface area contributed by atoms with Crippen LogP contribution in [0.2, 0.25) is 0 Å². The van der Waals surface area contributed by atoms with Gasteiger partial charge in [0, 0.05) is 24.7 Å². The van der Waals surface area contributed by atoms with Crippen LogP contribution in [-0.2, 0) is 13.5 Å². The van der Waals surface area contributed by atoms with Crippen molar-refractivity contribution in [2.45, 2.75) is 6.42 Å². The average Bonchev–Trinajstić information content (AvgIpc) is 2.80. The highest BCUT2D eigenvalue weighted by Gasteiger charge is 2.08. The van der Waals surface area contributed by atoms with E-state index in [0.29, 0.717) is 12.1 Å². The Balaban J connectivity index is 2.22. The molecule has 0 radical (unpaired) electrons. The molecule has 0 aromatic carbocycles. The zero-order valence-corrected chi connectivity index (χ0v) is 9.61. The Labute approximate surface area is 94.8 Å². The first-order valence-corrected chi connectivity index (χ1v) is 5.10. The van der Waals surface area contributed by atoms with Crippen molar-refractivity contribution < 1.29 is 0 Å². The summed E-state index contributed by atoms with van der Waals surface area (Å²) >= 11 is 3.43. The van der Waals surface area contributed by atoms with Crippen molar-refractivity contribution in [3.05, 3.63) is 33.8 Å².